The van der Waals surface area contributed by atoms with Crippen LogP contribution in [0.1, 0.15) is 11.3 Å². The lowest BCUT2D eigenvalue weighted by atomic mass is 10.2. The van der Waals surface area contributed by atoms with E-state index in [9.17, 15) is 14.9 Å². The number of halogens is 3. The number of aromatic nitrogens is 4. The molecule has 0 aliphatic carbocycles. The van der Waals surface area contributed by atoms with Crippen molar-refractivity contribution in [1.82, 2.24) is 19.6 Å². The van der Waals surface area contributed by atoms with Gasteiger partial charge in [0.05, 0.1) is 39.3 Å². The van der Waals surface area contributed by atoms with E-state index in [1.165, 1.54) is 10.9 Å². The van der Waals surface area contributed by atoms with Gasteiger partial charge in [0.2, 0.25) is 5.91 Å². The van der Waals surface area contributed by atoms with Crippen LogP contribution in [0.3, 0.4) is 0 Å². The molecule has 9 nitrogen and oxygen atoms in total. The zero-order valence-electron chi connectivity index (χ0n) is 14.4. The molecule has 1 aromatic carbocycles. The molecule has 0 fully saturated rings. The zero-order chi connectivity index (χ0) is 20.4. The van der Waals surface area contributed by atoms with Crippen molar-refractivity contribution in [3.05, 3.63) is 66.5 Å². The van der Waals surface area contributed by atoms with Crippen LogP contribution in [0.25, 0.3) is 0 Å². The fourth-order valence-corrected chi connectivity index (χ4v) is 3.20. The maximum Gasteiger partial charge on any atom is 0.404 e. The van der Waals surface area contributed by atoms with Gasteiger partial charge >= 0.3 is 5.82 Å². The number of hydrogen-bond acceptors (Lipinski definition) is 5. The summed E-state index contributed by atoms with van der Waals surface area (Å²) in [5, 5.41) is 22.6. The van der Waals surface area contributed by atoms with Crippen LogP contribution in [0.15, 0.2) is 35.1 Å². The molecule has 0 atom stereocenters. The molecule has 3 rings (SSSR count). The molecule has 2 heterocycles. The van der Waals surface area contributed by atoms with Crippen molar-refractivity contribution in [3.8, 4) is 0 Å². The van der Waals surface area contributed by atoms with E-state index in [1.54, 1.807) is 29.9 Å². The summed E-state index contributed by atoms with van der Waals surface area (Å²) in [6, 6.07) is 5.28. The number of carbonyl (C=O) groups is 1. The fourth-order valence-electron chi connectivity index (χ4n) is 2.46. The number of benzene rings is 1. The van der Waals surface area contributed by atoms with Crippen LogP contribution >= 0.6 is 39.1 Å². The maximum absolute atomic E-state index is 12.2. The molecule has 0 bridgehead atoms. The number of nitrogens with one attached hydrogen (secondary N) is 1. The summed E-state index contributed by atoms with van der Waals surface area (Å²) < 4.78 is 3.15. The van der Waals surface area contributed by atoms with Crippen molar-refractivity contribution >= 4 is 56.5 Å². The molecule has 0 saturated heterocycles. The van der Waals surface area contributed by atoms with Crippen molar-refractivity contribution in [2.45, 2.75) is 20.0 Å². The molecule has 3 aromatic rings. The topological polar surface area (TPSA) is 108 Å². The highest BCUT2D eigenvalue weighted by atomic mass is 79.9. The van der Waals surface area contributed by atoms with E-state index in [2.05, 4.69) is 31.4 Å². The standard InChI is InChI=1S/C16H13BrCl2N6O3/c1-9-15(17)16(25(27)28)22-24(9)8-14(26)21-11-5-20-23(7-11)6-10-2-3-12(18)13(19)4-10/h2-5,7H,6,8H2,1H3,(H,21,26). The summed E-state index contributed by atoms with van der Waals surface area (Å²) in [7, 11) is 0. The van der Waals surface area contributed by atoms with E-state index in [1.807, 2.05) is 6.07 Å². The molecule has 0 saturated carbocycles. The quantitative estimate of drug-likeness (QED) is 0.416. The van der Waals surface area contributed by atoms with Gasteiger partial charge in [-0.05, 0) is 45.5 Å². The lowest BCUT2D eigenvalue weighted by molar-refractivity contribution is -0.390. The average Bonchev–Trinajstić information content (AvgIpc) is 3.17. The first-order valence-corrected chi connectivity index (χ1v) is 9.43. The van der Waals surface area contributed by atoms with E-state index in [-0.39, 0.29) is 22.7 Å². The zero-order valence-corrected chi connectivity index (χ0v) is 17.5. The summed E-state index contributed by atoms with van der Waals surface area (Å²) in [5.41, 5.74) is 1.88. The van der Waals surface area contributed by atoms with Crippen molar-refractivity contribution in [1.29, 1.82) is 0 Å². The third kappa shape index (κ3) is 4.51. The lowest BCUT2D eigenvalue weighted by Gasteiger charge is -2.04. The predicted octanol–water partition coefficient (Wildman–Crippen LogP) is 4.05. The molecule has 28 heavy (non-hydrogen) atoms. The Balaban J connectivity index is 1.65. The highest BCUT2D eigenvalue weighted by Gasteiger charge is 2.24. The molecule has 12 heteroatoms. The summed E-state index contributed by atoms with van der Waals surface area (Å²) in [6.07, 6.45) is 3.17. The molecular weight excluding hydrogens is 475 g/mol. The first-order valence-electron chi connectivity index (χ1n) is 7.88. The molecule has 146 valence electrons. The van der Waals surface area contributed by atoms with Crippen LogP contribution in [0, 0.1) is 17.0 Å². The van der Waals surface area contributed by atoms with Gasteiger partial charge in [0, 0.05) is 6.20 Å². The summed E-state index contributed by atoms with van der Waals surface area (Å²) in [4.78, 5) is 22.6. The highest BCUT2D eigenvalue weighted by Crippen LogP contribution is 2.27. The van der Waals surface area contributed by atoms with E-state index >= 15 is 0 Å². The fraction of sp³-hybridized carbons (Fsp3) is 0.188. The van der Waals surface area contributed by atoms with E-state index in [4.69, 9.17) is 23.2 Å². The number of carbonyl (C=O) groups excluding carboxylic acids is 1. The van der Waals surface area contributed by atoms with Crippen LogP contribution < -0.4 is 5.32 Å². The van der Waals surface area contributed by atoms with Gasteiger partial charge in [-0.15, -0.1) is 0 Å². The first-order chi connectivity index (χ1) is 13.2. The molecule has 1 amide bonds. The minimum atomic E-state index is -0.613. The van der Waals surface area contributed by atoms with E-state index < -0.39 is 4.92 Å². The first kappa shape index (κ1) is 20.3. The van der Waals surface area contributed by atoms with Crippen molar-refractivity contribution in [2.24, 2.45) is 0 Å². The van der Waals surface area contributed by atoms with Gasteiger partial charge in [-0.1, -0.05) is 29.3 Å². The Morgan fingerprint density at radius 1 is 1.36 bits per heavy atom. The lowest BCUT2D eigenvalue weighted by Crippen LogP contribution is -2.20. The Morgan fingerprint density at radius 3 is 2.75 bits per heavy atom. The highest BCUT2D eigenvalue weighted by molar-refractivity contribution is 9.10. The Morgan fingerprint density at radius 2 is 2.11 bits per heavy atom. The van der Waals surface area contributed by atoms with Gasteiger partial charge < -0.3 is 15.4 Å². The largest absolute Gasteiger partial charge is 0.404 e. The van der Waals surface area contributed by atoms with E-state index in [0.717, 1.165) is 5.56 Å². The molecule has 0 radical (unpaired) electrons. The second kappa shape index (κ2) is 8.29. The maximum atomic E-state index is 12.2. The molecule has 0 unspecified atom stereocenters. The minimum absolute atomic E-state index is 0.170. The summed E-state index contributed by atoms with van der Waals surface area (Å²) in [5.74, 6) is -0.721. The third-order valence-corrected chi connectivity index (χ3v) is 5.50. The number of nitro groups is 1. The normalized spacial score (nSPS) is 10.9. The molecular formula is C16H13BrCl2N6O3. The Hall–Kier alpha value is -2.43. The van der Waals surface area contributed by atoms with Crippen LogP contribution in [-0.2, 0) is 17.9 Å². The third-order valence-electron chi connectivity index (χ3n) is 3.83. The Kier molecular flexibility index (Phi) is 6.01. The average molecular weight is 488 g/mol. The smallest absolute Gasteiger partial charge is 0.358 e. The van der Waals surface area contributed by atoms with Crippen molar-refractivity contribution in [2.75, 3.05) is 5.32 Å². The Bertz CT molecular complexity index is 1060. The Labute approximate surface area is 177 Å². The molecule has 0 aliphatic rings. The summed E-state index contributed by atoms with van der Waals surface area (Å²) in [6.45, 7) is 1.91. The molecule has 0 aliphatic heterocycles. The van der Waals surface area contributed by atoms with Gasteiger partial charge in [0.1, 0.15) is 11.0 Å². The molecule has 1 N–H and O–H groups in total. The van der Waals surface area contributed by atoms with Gasteiger partial charge in [-0.2, -0.15) is 9.78 Å². The van der Waals surface area contributed by atoms with Crippen LogP contribution in [-0.4, -0.2) is 30.4 Å². The number of hydrogen-bond donors (Lipinski definition) is 1. The van der Waals surface area contributed by atoms with Gasteiger partial charge in [-0.25, -0.2) is 0 Å². The van der Waals surface area contributed by atoms with E-state index in [0.29, 0.717) is 28.0 Å². The van der Waals surface area contributed by atoms with Crippen LogP contribution in [0.4, 0.5) is 11.5 Å². The number of anilines is 1. The number of amides is 1. The molecule has 2 aromatic heterocycles. The number of nitrogens with zero attached hydrogens (tertiary/aromatic N) is 5. The van der Waals surface area contributed by atoms with Crippen molar-refractivity contribution in [3.63, 3.8) is 0 Å². The van der Waals surface area contributed by atoms with Gasteiger partial charge in [0.15, 0.2) is 0 Å². The molecule has 0 spiro atoms. The monoisotopic (exact) mass is 486 g/mol. The van der Waals surface area contributed by atoms with Crippen LogP contribution in [0.5, 0.6) is 0 Å². The second-order valence-electron chi connectivity index (χ2n) is 5.86. The second-order valence-corrected chi connectivity index (χ2v) is 7.47. The SMILES string of the molecule is Cc1c(Br)c([N+](=O)[O-])nn1CC(=O)Nc1cnn(Cc2ccc(Cl)c(Cl)c2)c1. The minimum Gasteiger partial charge on any atom is -0.358 e. The van der Waals surface area contributed by atoms with Crippen LogP contribution in [0.2, 0.25) is 10.0 Å². The van der Waals surface area contributed by atoms with Crippen molar-refractivity contribution < 1.29 is 9.72 Å². The van der Waals surface area contributed by atoms with Gasteiger partial charge in [0.25, 0.3) is 0 Å². The van der Waals surface area contributed by atoms with Gasteiger partial charge in [-0.3, -0.25) is 9.48 Å². The number of rotatable bonds is 6. The summed E-state index contributed by atoms with van der Waals surface area (Å²) >= 11 is 15.0. The predicted molar refractivity (Wildman–Crippen MR) is 108 cm³/mol.